The van der Waals surface area contributed by atoms with Crippen molar-refractivity contribution >= 4 is 16.1 Å². The summed E-state index contributed by atoms with van der Waals surface area (Å²) in [5, 5.41) is 3.15. The Bertz CT molecular complexity index is 435. The van der Waals surface area contributed by atoms with Gasteiger partial charge >= 0.3 is 0 Å². The van der Waals surface area contributed by atoms with Gasteiger partial charge in [-0.3, -0.25) is 9.69 Å². The van der Waals surface area contributed by atoms with Crippen LogP contribution in [-0.4, -0.2) is 86.7 Å². The fourth-order valence-corrected chi connectivity index (χ4v) is 4.24. The average Bonchev–Trinajstić information content (AvgIpc) is 2.65. The summed E-state index contributed by atoms with van der Waals surface area (Å²) in [4.78, 5) is 12.9. The molecule has 0 saturated carbocycles. The zero-order valence-electron chi connectivity index (χ0n) is 11.6. The first-order valence-corrected chi connectivity index (χ1v) is 8.36. The molecule has 2 aliphatic rings. The second kappa shape index (κ2) is 6.81. The van der Waals surface area contributed by atoms with E-state index in [0.717, 1.165) is 6.42 Å². The lowest BCUT2D eigenvalue weighted by Crippen LogP contribution is -2.52. The summed E-state index contributed by atoms with van der Waals surface area (Å²) in [7, 11) is -3.38. The molecular formula is C11H23N5O3S. The molecule has 1 amide bonds. The largest absolute Gasteiger partial charge is 0.369 e. The van der Waals surface area contributed by atoms with Crippen LogP contribution >= 0.6 is 0 Å². The highest BCUT2D eigenvalue weighted by Gasteiger charge is 2.31. The van der Waals surface area contributed by atoms with Crippen molar-refractivity contribution < 1.29 is 13.2 Å². The third-order valence-corrected chi connectivity index (χ3v) is 5.69. The third kappa shape index (κ3) is 3.89. The van der Waals surface area contributed by atoms with Gasteiger partial charge in [-0.25, -0.2) is 0 Å². The van der Waals surface area contributed by atoms with Crippen molar-refractivity contribution in [2.24, 2.45) is 5.73 Å². The molecule has 2 saturated heterocycles. The standard InChI is InChI=1S/C11H23N5O3S/c12-11(17)10-14-4-1-5-15(9-8-14)20(18,19)16-6-2-13-3-7-16/h13H,1-10H2,(H2,12,17). The highest BCUT2D eigenvalue weighted by Crippen LogP contribution is 2.13. The monoisotopic (exact) mass is 305 g/mol. The molecule has 0 radical (unpaired) electrons. The lowest BCUT2D eigenvalue weighted by atomic mass is 10.4. The molecule has 2 aliphatic heterocycles. The van der Waals surface area contributed by atoms with E-state index in [1.807, 2.05) is 4.90 Å². The summed E-state index contributed by atoms with van der Waals surface area (Å²) in [6.07, 6.45) is 0.721. The van der Waals surface area contributed by atoms with Gasteiger partial charge in [0.05, 0.1) is 6.54 Å². The van der Waals surface area contributed by atoms with E-state index >= 15 is 0 Å². The van der Waals surface area contributed by atoms with Gasteiger partial charge in [-0.05, 0) is 13.0 Å². The Morgan fingerprint density at radius 1 is 1.00 bits per heavy atom. The zero-order chi connectivity index (χ0) is 14.6. The Morgan fingerprint density at radius 3 is 2.30 bits per heavy atom. The van der Waals surface area contributed by atoms with Gasteiger partial charge in [0.2, 0.25) is 5.91 Å². The van der Waals surface area contributed by atoms with Crippen LogP contribution < -0.4 is 11.1 Å². The maximum Gasteiger partial charge on any atom is 0.282 e. The summed E-state index contributed by atoms with van der Waals surface area (Å²) in [5.41, 5.74) is 5.18. The number of hydrogen-bond acceptors (Lipinski definition) is 5. The van der Waals surface area contributed by atoms with Gasteiger partial charge < -0.3 is 11.1 Å². The van der Waals surface area contributed by atoms with Gasteiger partial charge in [-0.15, -0.1) is 0 Å². The minimum atomic E-state index is -3.38. The molecule has 0 bridgehead atoms. The fraction of sp³-hybridized carbons (Fsp3) is 0.909. The van der Waals surface area contributed by atoms with Crippen LogP contribution in [0.25, 0.3) is 0 Å². The molecule has 0 aromatic rings. The Balaban J connectivity index is 1.96. The molecule has 2 fully saturated rings. The van der Waals surface area contributed by atoms with E-state index in [0.29, 0.717) is 52.4 Å². The molecular weight excluding hydrogens is 282 g/mol. The predicted molar refractivity (Wildman–Crippen MR) is 75.2 cm³/mol. The van der Waals surface area contributed by atoms with E-state index in [4.69, 9.17) is 5.73 Å². The predicted octanol–water partition coefficient (Wildman–Crippen LogP) is -2.37. The third-order valence-electron chi connectivity index (χ3n) is 3.66. The Labute approximate surface area is 120 Å². The lowest BCUT2D eigenvalue weighted by Gasteiger charge is -2.31. The first-order valence-electron chi connectivity index (χ1n) is 6.97. The van der Waals surface area contributed by atoms with E-state index in [9.17, 15) is 13.2 Å². The fourth-order valence-electron chi connectivity index (χ4n) is 2.59. The second-order valence-corrected chi connectivity index (χ2v) is 7.08. The molecule has 0 atom stereocenters. The average molecular weight is 305 g/mol. The number of carbonyl (C=O) groups is 1. The van der Waals surface area contributed by atoms with E-state index in [1.165, 1.54) is 8.61 Å². The molecule has 116 valence electrons. The van der Waals surface area contributed by atoms with Crippen molar-refractivity contribution in [1.82, 2.24) is 18.8 Å². The summed E-state index contributed by atoms with van der Waals surface area (Å²) in [6.45, 7) is 4.79. The molecule has 2 rings (SSSR count). The van der Waals surface area contributed by atoms with E-state index in [2.05, 4.69) is 5.32 Å². The number of nitrogens with one attached hydrogen (secondary N) is 1. The number of hydrogen-bond donors (Lipinski definition) is 2. The molecule has 0 unspecified atom stereocenters. The van der Waals surface area contributed by atoms with E-state index in [-0.39, 0.29) is 12.5 Å². The lowest BCUT2D eigenvalue weighted by molar-refractivity contribution is -0.119. The summed E-state index contributed by atoms with van der Waals surface area (Å²) in [6, 6.07) is 0. The molecule has 0 aromatic carbocycles. The quantitative estimate of drug-likeness (QED) is 0.605. The minimum Gasteiger partial charge on any atom is -0.369 e. The molecule has 20 heavy (non-hydrogen) atoms. The Kier molecular flexibility index (Phi) is 5.33. The number of piperazine rings is 1. The van der Waals surface area contributed by atoms with Crippen LogP contribution in [0.3, 0.4) is 0 Å². The number of amides is 1. The van der Waals surface area contributed by atoms with Gasteiger partial charge in [-0.1, -0.05) is 0 Å². The van der Waals surface area contributed by atoms with E-state index < -0.39 is 10.2 Å². The zero-order valence-corrected chi connectivity index (χ0v) is 12.4. The van der Waals surface area contributed by atoms with E-state index in [1.54, 1.807) is 0 Å². The van der Waals surface area contributed by atoms with Crippen LogP contribution in [-0.2, 0) is 15.0 Å². The molecule has 0 spiro atoms. The van der Waals surface area contributed by atoms with Crippen molar-refractivity contribution in [3.63, 3.8) is 0 Å². The maximum absolute atomic E-state index is 12.5. The summed E-state index contributed by atoms with van der Waals surface area (Å²) in [5.74, 6) is -0.372. The van der Waals surface area contributed by atoms with Gasteiger partial charge in [0.25, 0.3) is 10.2 Å². The number of nitrogens with zero attached hydrogens (tertiary/aromatic N) is 3. The van der Waals surface area contributed by atoms with Crippen molar-refractivity contribution in [2.45, 2.75) is 6.42 Å². The first-order chi connectivity index (χ1) is 9.50. The van der Waals surface area contributed by atoms with Gasteiger partial charge in [0, 0.05) is 45.8 Å². The second-order valence-electron chi connectivity index (χ2n) is 5.15. The number of primary amides is 1. The smallest absolute Gasteiger partial charge is 0.282 e. The highest BCUT2D eigenvalue weighted by molar-refractivity contribution is 7.86. The van der Waals surface area contributed by atoms with Crippen LogP contribution in [0.5, 0.6) is 0 Å². The van der Waals surface area contributed by atoms with Gasteiger partial charge in [0.1, 0.15) is 0 Å². The topological polar surface area (TPSA) is 99.0 Å². The molecule has 0 aromatic heterocycles. The molecule has 8 nitrogen and oxygen atoms in total. The van der Waals surface area contributed by atoms with Crippen LogP contribution in [0.15, 0.2) is 0 Å². The Hall–Kier alpha value is -0.740. The first kappa shape index (κ1) is 15.6. The normalized spacial score (nSPS) is 24.4. The summed E-state index contributed by atoms with van der Waals surface area (Å²) < 4.78 is 28.1. The number of nitrogens with two attached hydrogens (primary N) is 1. The molecule has 2 heterocycles. The SMILES string of the molecule is NC(=O)CN1CCCN(S(=O)(=O)N2CCNCC2)CC1. The van der Waals surface area contributed by atoms with Crippen LogP contribution in [0, 0.1) is 0 Å². The number of carbonyl (C=O) groups excluding carboxylic acids is 1. The summed E-state index contributed by atoms with van der Waals surface area (Å²) >= 11 is 0. The minimum absolute atomic E-state index is 0.196. The van der Waals surface area contributed by atoms with Crippen molar-refractivity contribution in [3.05, 3.63) is 0 Å². The van der Waals surface area contributed by atoms with Crippen LogP contribution in [0.2, 0.25) is 0 Å². The molecule has 0 aliphatic carbocycles. The van der Waals surface area contributed by atoms with Gasteiger partial charge in [0.15, 0.2) is 0 Å². The van der Waals surface area contributed by atoms with Crippen LogP contribution in [0.1, 0.15) is 6.42 Å². The van der Waals surface area contributed by atoms with Crippen molar-refractivity contribution in [3.8, 4) is 0 Å². The molecule has 3 N–H and O–H groups in total. The molecule has 9 heteroatoms. The van der Waals surface area contributed by atoms with Crippen LogP contribution in [0.4, 0.5) is 0 Å². The number of rotatable bonds is 4. The maximum atomic E-state index is 12.5. The van der Waals surface area contributed by atoms with Gasteiger partial charge in [-0.2, -0.15) is 17.0 Å². The highest BCUT2D eigenvalue weighted by atomic mass is 32.2. The van der Waals surface area contributed by atoms with Crippen molar-refractivity contribution in [2.75, 3.05) is 58.9 Å². The Morgan fingerprint density at radius 2 is 1.65 bits per heavy atom. The van der Waals surface area contributed by atoms with Crippen molar-refractivity contribution in [1.29, 1.82) is 0 Å².